The first kappa shape index (κ1) is 15.6. The fourth-order valence-electron chi connectivity index (χ4n) is 3.16. The van der Waals surface area contributed by atoms with Crippen LogP contribution in [-0.2, 0) is 4.74 Å². The Morgan fingerprint density at radius 1 is 0.957 bits per heavy atom. The number of carbonyl (C=O) groups excluding carboxylic acids is 1. The average Bonchev–Trinajstić information content (AvgIpc) is 2.92. The van der Waals surface area contributed by atoms with E-state index in [0.717, 1.165) is 37.1 Å². The molecule has 2 aromatic carbocycles. The highest BCUT2D eigenvalue weighted by Crippen LogP contribution is 2.36. The predicted octanol–water partition coefficient (Wildman–Crippen LogP) is 4.57. The highest BCUT2D eigenvalue weighted by atomic mass is 16.5. The van der Waals surface area contributed by atoms with Crippen LogP contribution in [0.1, 0.15) is 54.3 Å². The molecule has 3 rings (SSSR count). The van der Waals surface area contributed by atoms with Crippen molar-refractivity contribution in [1.82, 2.24) is 0 Å². The lowest BCUT2D eigenvalue weighted by Crippen LogP contribution is -2.24. The number of esters is 1. The van der Waals surface area contributed by atoms with E-state index in [4.69, 9.17) is 4.74 Å². The van der Waals surface area contributed by atoms with Gasteiger partial charge in [-0.2, -0.15) is 0 Å². The number of cyclic esters (lactones) is 1. The number of hydrogen-bond donors (Lipinski definition) is 0. The van der Waals surface area contributed by atoms with Gasteiger partial charge in [-0.15, -0.1) is 0 Å². The van der Waals surface area contributed by atoms with Gasteiger partial charge in [-0.3, -0.25) is 0 Å². The van der Waals surface area contributed by atoms with Gasteiger partial charge in [0, 0.05) is 24.3 Å². The summed E-state index contributed by atoms with van der Waals surface area (Å²) >= 11 is 0. The number of carbonyl (C=O) groups is 1. The molecule has 3 heteroatoms. The van der Waals surface area contributed by atoms with Gasteiger partial charge in [0.25, 0.3) is 0 Å². The normalized spacial score (nSPS) is 16.1. The Morgan fingerprint density at radius 2 is 1.61 bits per heavy atom. The summed E-state index contributed by atoms with van der Waals surface area (Å²) in [5.74, 6) is -0.228. The second-order valence-corrected chi connectivity index (χ2v) is 5.95. The third-order valence-corrected chi connectivity index (χ3v) is 4.24. The van der Waals surface area contributed by atoms with Crippen molar-refractivity contribution in [3.8, 4) is 0 Å². The zero-order chi connectivity index (χ0) is 16.2. The van der Waals surface area contributed by atoms with Crippen LogP contribution >= 0.6 is 0 Å². The van der Waals surface area contributed by atoms with E-state index >= 15 is 0 Å². The van der Waals surface area contributed by atoms with E-state index in [9.17, 15) is 4.79 Å². The standard InChI is InChI=1S/C20H23NO2/c1-3-13-21(14-4-2)16-11-9-15(10-12-16)19-17-7-5-6-8-18(17)20(22)23-19/h5-12,19H,3-4,13-14H2,1-2H3. The first-order chi connectivity index (χ1) is 11.2. The molecule has 0 radical (unpaired) electrons. The van der Waals surface area contributed by atoms with Crippen molar-refractivity contribution in [3.63, 3.8) is 0 Å². The molecule has 0 N–H and O–H groups in total. The van der Waals surface area contributed by atoms with Crippen LogP contribution in [0.4, 0.5) is 5.69 Å². The van der Waals surface area contributed by atoms with Gasteiger partial charge in [0.05, 0.1) is 5.56 Å². The molecular formula is C20H23NO2. The van der Waals surface area contributed by atoms with Crippen molar-refractivity contribution in [2.45, 2.75) is 32.8 Å². The van der Waals surface area contributed by atoms with E-state index in [0.29, 0.717) is 5.56 Å². The smallest absolute Gasteiger partial charge is 0.339 e. The number of hydrogen-bond acceptors (Lipinski definition) is 3. The molecule has 120 valence electrons. The number of anilines is 1. The molecule has 0 aliphatic carbocycles. The van der Waals surface area contributed by atoms with E-state index in [-0.39, 0.29) is 12.1 Å². The summed E-state index contributed by atoms with van der Waals surface area (Å²) in [6.45, 7) is 6.53. The van der Waals surface area contributed by atoms with Gasteiger partial charge in [0.2, 0.25) is 0 Å². The molecule has 3 nitrogen and oxygen atoms in total. The summed E-state index contributed by atoms with van der Waals surface area (Å²) < 4.78 is 5.56. The number of nitrogens with zero attached hydrogens (tertiary/aromatic N) is 1. The molecule has 1 aliphatic heterocycles. The molecular weight excluding hydrogens is 286 g/mol. The summed E-state index contributed by atoms with van der Waals surface area (Å²) in [6, 6.07) is 16.0. The van der Waals surface area contributed by atoms with Crippen molar-refractivity contribution < 1.29 is 9.53 Å². The van der Waals surface area contributed by atoms with Crippen molar-refractivity contribution in [3.05, 3.63) is 65.2 Å². The SMILES string of the molecule is CCCN(CCC)c1ccc(C2OC(=O)c3ccccc32)cc1. The Balaban J connectivity index is 1.84. The van der Waals surface area contributed by atoms with Crippen LogP contribution in [0.15, 0.2) is 48.5 Å². The molecule has 1 heterocycles. The summed E-state index contributed by atoms with van der Waals surface area (Å²) in [6.07, 6.45) is 1.99. The van der Waals surface area contributed by atoms with Gasteiger partial charge >= 0.3 is 5.97 Å². The first-order valence-electron chi connectivity index (χ1n) is 8.39. The van der Waals surface area contributed by atoms with Crippen LogP contribution in [0.2, 0.25) is 0 Å². The summed E-state index contributed by atoms with van der Waals surface area (Å²) in [4.78, 5) is 14.4. The minimum Gasteiger partial charge on any atom is -0.449 e. The maximum Gasteiger partial charge on any atom is 0.339 e. The largest absolute Gasteiger partial charge is 0.449 e. The fraction of sp³-hybridized carbons (Fsp3) is 0.350. The third kappa shape index (κ3) is 3.09. The molecule has 1 unspecified atom stereocenters. The Kier molecular flexibility index (Phi) is 4.65. The van der Waals surface area contributed by atoms with Gasteiger partial charge in [0.1, 0.15) is 0 Å². The maximum atomic E-state index is 12.0. The Labute approximate surface area is 137 Å². The second kappa shape index (κ2) is 6.86. The molecule has 0 saturated carbocycles. The lowest BCUT2D eigenvalue weighted by Gasteiger charge is -2.24. The zero-order valence-electron chi connectivity index (χ0n) is 13.8. The fourth-order valence-corrected chi connectivity index (χ4v) is 3.16. The minimum absolute atomic E-state index is 0.228. The summed E-state index contributed by atoms with van der Waals surface area (Å²) in [5, 5.41) is 0. The molecule has 2 aromatic rings. The molecule has 0 bridgehead atoms. The number of benzene rings is 2. The molecule has 23 heavy (non-hydrogen) atoms. The summed E-state index contributed by atoms with van der Waals surface area (Å²) in [5.41, 5.74) is 3.90. The van der Waals surface area contributed by atoms with Crippen molar-refractivity contribution in [2.24, 2.45) is 0 Å². The quantitative estimate of drug-likeness (QED) is 0.732. The molecule has 0 saturated heterocycles. The molecule has 1 aliphatic rings. The highest BCUT2D eigenvalue weighted by molar-refractivity contribution is 5.94. The van der Waals surface area contributed by atoms with E-state index in [1.54, 1.807) is 0 Å². The molecule has 0 spiro atoms. The monoisotopic (exact) mass is 309 g/mol. The van der Waals surface area contributed by atoms with Crippen molar-refractivity contribution in [2.75, 3.05) is 18.0 Å². The van der Waals surface area contributed by atoms with Gasteiger partial charge in [-0.25, -0.2) is 4.79 Å². The number of rotatable bonds is 6. The molecule has 0 amide bonds. The predicted molar refractivity (Wildman–Crippen MR) is 92.9 cm³/mol. The van der Waals surface area contributed by atoms with Gasteiger partial charge in [-0.1, -0.05) is 44.2 Å². The van der Waals surface area contributed by atoms with E-state index in [1.807, 2.05) is 24.3 Å². The lowest BCUT2D eigenvalue weighted by molar-refractivity contribution is 0.0456. The van der Waals surface area contributed by atoms with Crippen molar-refractivity contribution in [1.29, 1.82) is 0 Å². The molecule has 0 aromatic heterocycles. The van der Waals surface area contributed by atoms with Crippen LogP contribution in [0.25, 0.3) is 0 Å². The maximum absolute atomic E-state index is 12.0. The van der Waals surface area contributed by atoms with E-state index < -0.39 is 0 Å². The second-order valence-electron chi connectivity index (χ2n) is 5.95. The highest BCUT2D eigenvalue weighted by Gasteiger charge is 2.31. The Bertz CT molecular complexity index is 672. The van der Waals surface area contributed by atoms with Crippen LogP contribution in [0.3, 0.4) is 0 Å². The van der Waals surface area contributed by atoms with E-state index in [2.05, 4.69) is 43.0 Å². The third-order valence-electron chi connectivity index (χ3n) is 4.24. The van der Waals surface area contributed by atoms with Gasteiger partial charge < -0.3 is 9.64 Å². The Morgan fingerprint density at radius 3 is 2.26 bits per heavy atom. The number of ether oxygens (including phenoxy) is 1. The Hall–Kier alpha value is -2.29. The first-order valence-corrected chi connectivity index (χ1v) is 8.39. The topological polar surface area (TPSA) is 29.5 Å². The van der Waals surface area contributed by atoms with Crippen LogP contribution < -0.4 is 4.90 Å². The minimum atomic E-state index is -0.279. The van der Waals surface area contributed by atoms with Crippen molar-refractivity contribution >= 4 is 11.7 Å². The van der Waals surface area contributed by atoms with Gasteiger partial charge in [-0.05, 0) is 36.6 Å². The average molecular weight is 309 g/mol. The number of fused-ring (bicyclic) bond motifs is 1. The molecule has 0 fully saturated rings. The summed E-state index contributed by atoms with van der Waals surface area (Å²) in [7, 11) is 0. The van der Waals surface area contributed by atoms with Crippen LogP contribution in [0, 0.1) is 0 Å². The van der Waals surface area contributed by atoms with Crippen LogP contribution in [-0.4, -0.2) is 19.1 Å². The van der Waals surface area contributed by atoms with Crippen LogP contribution in [0.5, 0.6) is 0 Å². The lowest BCUT2D eigenvalue weighted by atomic mass is 9.99. The zero-order valence-corrected chi connectivity index (χ0v) is 13.8. The molecule has 1 atom stereocenters. The van der Waals surface area contributed by atoms with Gasteiger partial charge in [0.15, 0.2) is 6.10 Å². The van der Waals surface area contributed by atoms with E-state index in [1.165, 1.54) is 5.69 Å².